The molecule has 0 bridgehead atoms. The Hall–Kier alpha value is -1.28. The van der Waals surface area contributed by atoms with Crippen molar-refractivity contribution in [2.75, 3.05) is 14.1 Å². The molecule has 2 rings (SSSR count). The maximum Gasteiger partial charge on any atom is 0.194 e. The lowest BCUT2D eigenvalue weighted by molar-refractivity contribution is 0.468. The molecule has 0 radical (unpaired) electrons. The molecule has 7 heteroatoms. The van der Waals surface area contributed by atoms with E-state index < -0.39 is 0 Å². The molecule has 0 fully saturated rings. The molecule has 5 nitrogen and oxygen atoms in total. The molecular formula is C18H27ClIN5. The van der Waals surface area contributed by atoms with Crippen molar-refractivity contribution in [3.8, 4) is 0 Å². The summed E-state index contributed by atoms with van der Waals surface area (Å²) in [6.45, 7) is 6.70. The van der Waals surface area contributed by atoms with E-state index in [0.717, 1.165) is 28.9 Å². The van der Waals surface area contributed by atoms with E-state index in [1.807, 2.05) is 43.7 Å². The van der Waals surface area contributed by atoms with Crippen LogP contribution >= 0.6 is 35.6 Å². The summed E-state index contributed by atoms with van der Waals surface area (Å²) >= 11 is 6.24. The molecule has 0 saturated heterocycles. The number of halogens is 2. The van der Waals surface area contributed by atoms with Crippen molar-refractivity contribution in [2.45, 2.75) is 33.5 Å². The number of aliphatic imine (C=N–C) groups is 1. The number of hydrogen-bond acceptors (Lipinski definition) is 2. The number of aromatic nitrogens is 2. The summed E-state index contributed by atoms with van der Waals surface area (Å²) in [6, 6.07) is 7.87. The normalized spacial score (nSPS) is 11.4. The second-order valence-corrected chi connectivity index (χ2v) is 6.65. The van der Waals surface area contributed by atoms with Crippen LogP contribution in [0.5, 0.6) is 0 Å². The summed E-state index contributed by atoms with van der Waals surface area (Å²) in [7, 11) is 3.78. The van der Waals surface area contributed by atoms with E-state index in [0.29, 0.717) is 19.0 Å². The lowest BCUT2D eigenvalue weighted by atomic mass is 10.2. The van der Waals surface area contributed by atoms with Crippen molar-refractivity contribution >= 4 is 41.5 Å². The van der Waals surface area contributed by atoms with Gasteiger partial charge in [0.05, 0.1) is 6.54 Å². The Labute approximate surface area is 172 Å². The van der Waals surface area contributed by atoms with Crippen LogP contribution < -0.4 is 5.32 Å². The second kappa shape index (κ2) is 10.7. The minimum absolute atomic E-state index is 0. The molecule has 0 amide bonds. The zero-order valence-corrected chi connectivity index (χ0v) is 18.3. The molecule has 1 N–H and O–H groups in total. The molecule has 0 aliphatic rings. The van der Waals surface area contributed by atoms with Gasteiger partial charge in [-0.15, -0.1) is 24.0 Å². The molecule has 2 aromatic rings. The highest BCUT2D eigenvalue weighted by Crippen LogP contribution is 2.16. The summed E-state index contributed by atoms with van der Waals surface area (Å²) < 4.78 is 2.18. The quantitative estimate of drug-likeness (QED) is 0.390. The summed E-state index contributed by atoms with van der Waals surface area (Å²) in [5, 5.41) is 4.15. The van der Waals surface area contributed by atoms with E-state index in [1.165, 1.54) is 0 Å². The molecule has 1 aromatic carbocycles. The first-order chi connectivity index (χ1) is 11.5. The largest absolute Gasteiger partial charge is 0.349 e. The van der Waals surface area contributed by atoms with Crippen LogP contribution in [0.15, 0.2) is 41.7 Å². The van der Waals surface area contributed by atoms with Crippen molar-refractivity contribution in [1.29, 1.82) is 0 Å². The number of hydrogen-bond donors (Lipinski definition) is 1. The van der Waals surface area contributed by atoms with E-state index >= 15 is 0 Å². The summed E-state index contributed by atoms with van der Waals surface area (Å²) in [5.41, 5.74) is 1.07. The lowest BCUT2D eigenvalue weighted by Gasteiger charge is -2.23. The predicted molar refractivity (Wildman–Crippen MR) is 116 cm³/mol. The Morgan fingerprint density at radius 3 is 2.72 bits per heavy atom. The van der Waals surface area contributed by atoms with Gasteiger partial charge in [-0.05, 0) is 17.5 Å². The molecule has 0 spiro atoms. The molecule has 0 aliphatic heterocycles. The Morgan fingerprint density at radius 2 is 2.08 bits per heavy atom. The van der Waals surface area contributed by atoms with Gasteiger partial charge >= 0.3 is 0 Å². The van der Waals surface area contributed by atoms with Crippen molar-refractivity contribution in [2.24, 2.45) is 10.9 Å². The molecule has 25 heavy (non-hydrogen) atoms. The number of rotatable bonds is 6. The molecule has 0 atom stereocenters. The number of nitrogens with zero attached hydrogens (tertiary/aromatic N) is 4. The number of imidazole rings is 1. The maximum atomic E-state index is 6.24. The van der Waals surface area contributed by atoms with Gasteiger partial charge in [-0.2, -0.15) is 0 Å². The summed E-state index contributed by atoms with van der Waals surface area (Å²) in [5.74, 6) is 2.41. The zero-order chi connectivity index (χ0) is 17.5. The van der Waals surface area contributed by atoms with Crippen LogP contribution in [0.25, 0.3) is 0 Å². The van der Waals surface area contributed by atoms with Crippen LogP contribution in [-0.4, -0.2) is 34.5 Å². The number of guanidine groups is 1. The van der Waals surface area contributed by atoms with Gasteiger partial charge in [0.25, 0.3) is 0 Å². The van der Waals surface area contributed by atoms with E-state index in [1.54, 1.807) is 7.05 Å². The topological polar surface area (TPSA) is 45.5 Å². The van der Waals surface area contributed by atoms with Gasteiger partial charge in [0, 0.05) is 44.6 Å². The van der Waals surface area contributed by atoms with Crippen LogP contribution in [0.4, 0.5) is 0 Å². The highest BCUT2D eigenvalue weighted by Gasteiger charge is 2.10. The van der Waals surface area contributed by atoms with E-state index in [4.69, 9.17) is 11.6 Å². The molecule has 1 heterocycles. The van der Waals surface area contributed by atoms with Crippen LogP contribution in [0, 0.1) is 5.92 Å². The summed E-state index contributed by atoms with van der Waals surface area (Å²) in [4.78, 5) is 10.8. The van der Waals surface area contributed by atoms with Gasteiger partial charge in [-0.3, -0.25) is 4.99 Å². The van der Waals surface area contributed by atoms with E-state index in [-0.39, 0.29) is 24.0 Å². The third kappa shape index (κ3) is 6.51. The van der Waals surface area contributed by atoms with Crippen LogP contribution in [0.1, 0.15) is 25.2 Å². The van der Waals surface area contributed by atoms with Crippen molar-refractivity contribution in [1.82, 2.24) is 19.8 Å². The van der Waals surface area contributed by atoms with Gasteiger partial charge in [-0.25, -0.2) is 4.98 Å². The van der Waals surface area contributed by atoms with Gasteiger partial charge in [-0.1, -0.05) is 43.6 Å². The molecule has 1 aromatic heterocycles. The van der Waals surface area contributed by atoms with E-state index in [2.05, 4.69) is 38.6 Å². The predicted octanol–water partition coefficient (Wildman–Crippen LogP) is 4.02. The Kier molecular flexibility index (Phi) is 9.27. The monoisotopic (exact) mass is 475 g/mol. The summed E-state index contributed by atoms with van der Waals surface area (Å²) in [6.07, 6.45) is 3.86. The Bertz CT molecular complexity index is 684. The fraction of sp³-hybridized carbons (Fsp3) is 0.444. The van der Waals surface area contributed by atoms with E-state index in [9.17, 15) is 0 Å². The number of benzene rings is 1. The van der Waals surface area contributed by atoms with Gasteiger partial charge < -0.3 is 14.8 Å². The molecular weight excluding hydrogens is 449 g/mol. The molecule has 138 valence electrons. The Morgan fingerprint density at radius 1 is 1.36 bits per heavy atom. The fourth-order valence-corrected chi connectivity index (χ4v) is 2.76. The number of nitrogens with one attached hydrogen (secondary N) is 1. The Balaban J connectivity index is 0.00000312. The van der Waals surface area contributed by atoms with Crippen LogP contribution in [-0.2, 0) is 19.6 Å². The highest BCUT2D eigenvalue weighted by molar-refractivity contribution is 14.0. The van der Waals surface area contributed by atoms with Crippen LogP contribution in [0.2, 0.25) is 5.02 Å². The van der Waals surface area contributed by atoms with Crippen molar-refractivity contribution < 1.29 is 0 Å². The smallest absolute Gasteiger partial charge is 0.194 e. The second-order valence-electron chi connectivity index (χ2n) is 6.24. The average molecular weight is 476 g/mol. The average Bonchev–Trinajstić information content (AvgIpc) is 2.96. The standard InChI is InChI=1S/C18H26ClN5.HI/c1-14(2)12-24-10-9-21-17(24)11-22-18(20-3)23(4)13-15-7-5-6-8-16(15)19;/h5-10,14H,11-13H2,1-4H3,(H,20,22);1H. The van der Waals surface area contributed by atoms with Gasteiger partial charge in [0.2, 0.25) is 0 Å². The van der Waals surface area contributed by atoms with Crippen molar-refractivity contribution in [3.05, 3.63) is 53.1 Å². The zero-order valence-electron chi connectivity index (χ0n) is 15.2. The highest BCUT2D eigenvalue weighted by atomic mass is 127. The minimum atomic E-state index is 0. The maximum absolute atomic E-state index is 6.24. The fourth-order valence-electron chi connectivity index (χ4n) is 2.57. The van der Waals surface area contributed by atoms with Gasteiger partial charge in [0.1, 0.15) is 5.82 Å². The molecule has 0 unspecified atom stereocenters. The first kappa shape index (κ1) is 21.8. The van der Waals surface area contributed by atoms with Crippen LogP contribution in [0.3, 0.4) is 0 Å². The first-order valence-electron chi connectivity index (χ1n) is 8.16. The van der Waals surface area contributed by atoms with Gasteiger partial charge in [0.15, 0.2) is 5.96 Å². The SMILES string of the molecule is CN=C(NCc1nccn1CC(C)C)N(C)Cc1ccccc1Cl.I. The minimum Gasteiger partial charge on any atom is -0.349 e. The van der Waals surface area contributed by atoms with Crippen molar-refractivity contribution in [3.63, 3.8) is 0 Å². The third-order valence-electron chi connectivity index (χ3n) is 3.71. The first-order valence-corrected chi connectivity index (χ1v) is 8.54. The lowest BCUT2D eigenvalue weighted by Crippen LogP contribution is -2.38. The molecule has 0 saturated carbocycles. The third-order valence-corrected chi connectivity index (χ3v) is 4.08. The molecule has 0 aliphatic carbocycles.